The molecule has 0 fully saturated rings. The van der Waals surface area contributed by atoms with Crippen molar-refractivity contribution >= 4 is 11.5 Å². The standard InChI is InChI=1S/C12H11NO2/c1-8-4-2-5-9(11(8)13)12(14)10-6-3-7-15-10/h2-7H,13H2,1H3. The molecule has 2 rings (SSSR count). The fraction of sp³-hybridized carbons (Fsp3) is 0.0833. The molecule has 0 saturated carbocycles. The first-order valence-corrected chi connectivity index (χ1v) is 4.63. The summed E-state index contributed by atoms with van der Waals surface area (Å²) < 4.78 is 5.04. The van der Waals surface area contributed by atoms with E-state index in [1.54, 1.807) is 18.2 Å². The van der Waals surface area contributed by atoms with Crippen LogP contribution in [-0.4, -0.2) is 5.78 Å². The molecule has 0 spiro atoms. The summed E-state index contributed by atoms with van der Waals surface area (Å²) >= 11 is 0. The Labute approximate surface area is 87.5 Å². The van der Waals surface area contributed by atoms with Crippen LogP contribution < -0.4 is 5.73 Å². The van der Waals surface area contributed by atoms with E-state index in [4.69, 9.17) is 10.2 Å². The molecule has 0 radical (unpaired) electrons. The molecule has 0 amide bonds. The third kappa shape index (κ3) is 1.64. The third-order valence-electron chi connectivity index (χ3n) is 2.31. The SMILES string of the molecule is Cc1cccc(C(=O)c2ccco2)c1N. The van der Waals surface area contributed by atoms with Crippen LogP contribution >= 0.6 is 0 Å². The molecular weight excluding hydrogens is 190 g/mol. The maximum atomic E-state index is 11.9. The molecule has 1 aromatic heterocycles. The van der Waals surface area contributed by atoms with Gasteiger partial charge in [-0.1, -0.05) is 12.1 Å². The summed E-state index contributed by atoms with van der Waals surface area (Å²) in [7, 11) is 0. The lowest BCUT2D eigenvalue weighted by Crippen LogP contribution is -2.05. The Morgan fingerprint density at radius 1 is 1.27 bits per heavy atom. The Bertz CT molecular complexity index is 486. The van der Waals surface area contributed by atoms with E-state index >= 15 is 0 Å². The lowest BCUT2D eigenvalue weighted by atomic mass is 10.0. The Balaban J connectivity index is 2.47. The molecule has 76 valence electrons. The van der Waals surface area contributed by atoms with Crippen molar-refractivity contribution in [3.8, 4) is 0 Å². The summed E-state index contributed by atoms with van der Waals surface area (Å²) in [5, 5.41) is 0. The van der Waals surface area contributed by atoms with Crippen LogP contribution in [0.3, 0.4) is 0 Å². The van der Waals surface area contributed by atoms with Crippen molar-refractivity contribution in [2.45, 2.75) is 6.92 Å². The quantitative estimate of drug-likeness (QED) is 0.599. The highest BCUT2D eigenvalue weighted by molar-refractivity contribution is 6.10. The van der Waals surface area contributed by atoms with Gasteiger partial charge in [0.25, 0.3) is 0 Å². The number of nitrogen functional groups attached to an aromatic ring is 1. The van der Waals surface area contributed by atoms with Gasteiger partial charge in [-0.25, -0.2) is 0 Å². The predicted octanol–water partition coefficient (Wildman–Crippen LogP) is 2.40. The lowest BCUT2D eigenvalue weighted by molar-refractivity contribution is 0.101. The normalized spacial score (nSPS) is 10.2. The third-order valence-corrected chi connectivity index (χ3v) is 2.31. The number of carbonyl (C=O) groups is 1. The van der Waals surface area contributed by atoms with Gasteiger partial charge >= 0.3 is 0 Å². The highest BCUT2D eigenvalue weighted by Gasteiger charge is 2.15. The maximum Gasteiger partial charge on any atom is 0.230 e. The van der Waals surface area contributed by atoms with Crippen molar-refractivity contribution in [3.63, 3.8) is 0 Å². The molecule has 1 aromatic carbocycles. The van der Waals surface area contributed by atoms with Crippen molar-refractivity contribution in [1.82, 2.24) is 0 Å². The van der Waals surface area contributed by atoms with Crippen LogP contribution in [0.1, 0.15) is 21.7 Å². The molecule has 0 atom stereocenters. The van der Waals surface area contributed by atoms with E-state index in [2.05, 4.69) is 0 Å². The number of hydrogen-bond acceptors (Lipinski definition) is 3. The molecular formula is C12H11NO2. The lowest BCUT2D eigenvalue weighted by Gasteiger charge is -2.05. The summed E-state index contributed by atoms with van der Waals surface area (Å²) in [6, 6.07) is 8.69. The molecule has 3 nitrogen and oxygen atoms in total. The second kappa shape index (κ2) is 3.61. The van der Waals surface area contributed by atoms with Gasteiger partial charge in [-0.3, -0.25) is 4.79 Å². The molecule has 2 aromatic rings. The highest BCUT2D eigenvalue weighted by Crippen LogP contribution is 2.20. The summed E-state index contributed by atoms with van der Waals surface area (Å²) in [6.07, 6.45) is 1.47. The monoisotopic (exact) mass is 201 g/mol. The van der Waals surface area contributed by atoms with Gasteiger partial charge in [0, 0.05) is 11.3 Å². The van der Waals surface area contributed by atoms with Crippen molar-refractivity contribution in [1.29, 1.82) is 0 Å². The molecule has 0 aliphatic heterocycles. The van der Waals surface area contributed by atoms with Gasteiger partial charge in [0.05, 0.1) is 6.26 Å². The zero-order valence-electron chi connectivity index (χ0n) is 8.36. The van der Waals surface area contributed by atoms with Gasteiger partial charge in [-0.2, -0.15) is 0 Å². The number of benzene rings is 1. The fourth-order valence-corrected chi connectivity index (χ4v) is 1.42. The Kier molecular flexibility index (Phi) is 2.29. The van der Waals surface area contributed by atoms with Crippen LogP contribution in [0.25, 0.3) is 0 Å². The smallest absolute Gasteiger partial charge is 0.230 e. The number of aryl methyl sites for hydroxylation is 1. The summed E-state index contributed by atoms with van der Waals surface area (Å²) in [5.41, 5.74) is 7.73. The Morgan fingerprint density at radius 2 is 2.07 bits per heavy atom. The zero-order chi connectivity index (χ0) is 10.8. The second-order valence-corrected chi connectivity index (χ2v) is 3.34. The molecule has 0 unspecified atom stereocenters. The van der Waals surface area contributed by atoms with Crippen molar-refractivity contribution in [2.75, 3.05) is 5.73 Å². The Morgan fingerprint density at radius 3 is 2.73 bits per heavy atom. The van der Waals surface area contributed by atoms with Crippen LogP contribution in [0, 0.1) is 6.92 Å². The average Bonchev–Trinajstić information content (AvgIpc) is 2.74. The van der Waals surface area contributed by atoms with Crippen LogP contribution in [-0.2, 0) is 0 Å². The number of rotatable bonds is 2. The molecule has 2 N–H and O–H groups in total. The minimum Gasteiger partial charge on any atom is -0.461 e. The number of ketones is 1. The number of carbonyl (C=O) groups excluding carboxylic acids is 1. The van der Waals surface area contributed by atoms with Gasteiger partial charge in [-0.05, 0) is 30.7 Å². The summed E-state index contributed by atoms with van der Waals surface area (Å²) in [5.74, 6) is 0.133. The van der Waals surface area contributed by atoms with Gasteiger partial charge in [0.1, 0.15) is 0 Å². The zero-order valence-corrected chi connectivity index (χ0v) is 8.36. The summed E-state index contributed by atoms with van der Waals surface area (Å²) in [6.45, 7) is 1.87. The van der Waals surface area contributed by atoms with Gasteiger partial charge in [-0.15, -0.1) is 0 Å². The minimum atomic E-state index is -0.179. The number of para-hydroxylation sites is 1. The van der Waals surface area contributed by atoms with E-state index in [9.17, 15) is 4.79 Å². The molecule has 1 heterocycles. The molecule has 0 bridgehead atoms. The van der Waals surface area contributed by atoms with E-state index in [0.29, 0.717) is 17.0 Å². The average molecular weight is 201 g/mol. The maximum absolute atomic E-state index is 11.9. The highest BCUT2D eigenvalue weighted by atomic mass is 16.3. The fourth-order valence-electron chi connectivity index (χ4n) is 1.42. The van der Waals surface area contributed by atoms with Gasteiger partial charge in [0.2, 0.25) is 5.78 Å². The van der Waals surface area contributed by atoms with E-state index < -0.39 is 0 Å². The number of furan rings is 1. The first-order chi connectivity index (χ1) is 7.20. The first kappa shape index (κ1) is 9.52. The van der Waals surface area contributed by atoms with E-state index in [1.165, 1.54) is 6.26 Å². The number of nitrogens with two attached hydrogens (primary N) is 1. The number of anilines is 1. The predicted molar refractivity (Wildman–Crippen MR) is 57.7 cm³/mol. The van der Waals surface area contributed by atoms with Crippen LogP contribution in [0.5, 0.6) is 0 Å². The first-order valence-electron chi connectivity index (χ1n) is 4.63. The minimum absolute atomic E-state index is 0.179. The number of hydrogen-bond donors (Lipinski definition) is 1. The second-order valence-electron chi connectivity index (χ2n) is 3.34. The topological polar surface area (TPSA) is 56.2 Å². The van der Waals surface area contributed by atoms with E-state index in [0.717, 1.165) is 5.56 Å². The molecule has 15 heavy (non-hydrogen) atoms. The van der Waals surface area contributed by atoms with Crippen LogP contribution in [0.4, 0.5) is 5.69 Å². The van der Waals surface area contributed by atoms with E-state index in [1.807, 2.05) is 19.1 Å². The van der Waals surface area contributed by atoms with Crippen molar-refractivity contribution < 1.29 is 9.21 Å². The largest absolute Gasteiger partial charge is 0.461 e. The van der Waals surface area contributed by atoms with Crippen LogP contribution in [0.15, 0.2) is 41.0 Å². The molecule has 3 heteroatoms. The van der Waals surface area contributed by atoms with Crippen molar-refractivity contribution in [3.05, 3.63) is 53.5 Å². The Hall–Kier alpha value is -2.03. The van der Waals surface area contributed by atoms with Gasteiger partial charge in [0.15, 0.2) is 5.76 Å². The molecule has 0 aliphatic carbocycles. The summed E-state index contributed by atoms with van der Waals surface area (Å²) in [4.78, 5) is 11.9. The van der Waals surface area contributed by atoms with Crippen molar-refractivity contribution in [2.24, 2.45) is 0 Å². The molecule has 0 saturated heterocycles. The van der Waals surface area contributed by atoms with Crippen LogP contribution in [0.2, 0.25) is 0 Å². The van der Waals surface area contributed by atoms with E-state index in [-0.39, 0.29) is 5.78 Å². The van der Waals surface area contributed by atoms with Gasteiger partial charge < -0.3 is 10.2 Å². The molecule has 0 aliphatic rings.